The van der Waals surface area contributed by atoms with Crippen LogP contribution in [0, 0.1) is 0 Å². The third kappa shape index (κ3) is 5.05. The van der Waals surface area contributed by atoms with Crippen LogP contribution in [0.2, 0.25) is 0 Å². The van der Waals surface area contributed by atoms with Gasteiger partial charge in [-0.2, -0.15) is 0 Å². The Morgan fingerprint density at radius 2 is 0.948 bits per heavy atom. The summed E-state index contributed by atoms with van der Waals surface area (Å²) in [6.07, 6.45) is 0. The van der Waals surface area contributed by atoms with E-state index in [1.54, 1.807) is 0 Å². The van der Waals surface area contributed by atoms with Gasteiger partial charge < -0.3 is 8.98 Å². The summed E-state index contributed by atoms with van der Waals surface area (Å²) < 4.78 is 8.94. The first-order valence-electron chi connectivity index (χ1n) is 19.4. The van der Waals surface area contributed by atoms with Gasteiger partial charge in [0.25, 0.3) is 0 Å². The first kappa shape index (κ1) is 32.3. The summed E-state index contributed by atoms with van der Waals surface area (Å²) in [5.41, 5.74) is 10.4. The summed E-state index contributed by atoms with van der Waals surface area (Å²) >= 11 is 0. The quantitative estimate of drug-likeness (QED) is 0.164. The van der Waals surface area contributed by atoms with Gasteiger partial charge in [-0.15, -0.1) is 0 Å². The second kappa shape index (κ2) is 12.8. The van der Waals surface area contributed by atoms with Crippen molar-refractivity contribution in [3.05, 3.63) is 188 Å². The summed E-state index contributed by atoms with van der Waals surface area (Å²) in [5.74, 6) is 1.79. The Kier molecular flexibility index (Phi) is 7.13. The molecule has 4 heterocycles. The SMILES string of the molecule is c1ccc(-c2nc(-c3ccc(-n4c5ccccc5c5ccccc54)cc3)nc(-c3cccc(-c4nc5c6ccccc6ccc5c5oc6ccccc6c45)c3)n2)cc1. The van der Waals surface area contributed by atoms with Gasteiger partial charge in [0.2, 0.25) is 0 Å². The molecular formula is C52H31N5O. The molecule has 6 nitrogen and oxygen atoms in total. The molecule has 0 saturated carbocycles. The normalized spacial score (nSPS) is 11.8. The number of fused-ring (bicyclic) bond motifs is 10. The average Bonchev–Trinajstić information content (AvgIpc) is 3.86. The van der Waals surface area contributed by atoms with Gasteiger partial charge in [-0.25, -0.2) is 19.9 Å². The van der Waals surface area contributed by atoms with E-state index in [-0.39, 0.29) is 0 Å². The number of furan rings is 1. The monoisotopic (exact) mass is 741 g/mol. The highest BCUT2D eigenvalue weighted by Gasteiger charge is 2.20. The zero-order valence-electron chi connectivity index (χ0n) is 31.0. The van der Waals surface area contributed by atoms with E-state index in [0.717, 1.165) is 77.2 Å². The zero-order valence-corrected chi connectivity index (χ0v) is 31.0. The molecule has 6 heteroatoms. The van der Waals surface area contributed by atoms with E-state index < -0.39 is 0 Å². The van der Waals surface area contributed by atoms with Crippen molar-refractivity contribution < 1.29 is 4.42 Å². The molecular weight excluding hydrogens is 711 g/mol. The van der Waals surface area contributed by atoms with Crippen molar-refractivity contribution in [2.24, 2.45) is 0 Å². The minimum atomic E-state index is 0.580. The summed E-state index contributed by atoms with van der Waals surface area (Å²) in [6.45, 7) is 0. The second-order valence-corrected chi connectivity index (χ2v) is 14.6. The van der Waals surface area contributed by atoms with Gasteiger partial charge in [0.05, 0.1) is 27.6 Å². The van der Waals surface area contributed by atoms with Crippen molar-refractivity contribution in [2.75, 3.05) is 0 Å². The summed E-state index contributed by atoms with van der Waals surface area (Å²) in [4.78, 5) is 20.7. The summed E-state index contributed by atoms with van der Waals surface area (Å²) in [6, 6.07) is 64.9. The number of nitrogens with zero attached hydrogens (tertiary/aromatic N) is 5. The molecule has 0 amide bonds. The molecule has 12 rings (SSSR count). The fourth-order valence-electron chi connectivity index (χ4n) is 8.52. The smallest absolute Gasteiger partial charge is 0.164 e. The van der Waals surface area contributed by atoms with Crippen LogP contribution in [0.5, 0.6) is 0 Å². The number of hydrogen-bond donors (Lipinski definition) is 0. The second-order valence-electron chi connectivity index (χ2n) is 14.6. The average molecular weight is 742 g/mol. The predicted molar refractivity (Wildman–Crippen MR) is 236 cm³/mol. The van der Waals surface area contributed by atoms with Crippen LogP contribution in [0.25, 0.3) is 117 Å². The summed E-state index contributed by atoms with van der Waals surface area (Å²) in [7, 11) is 0. The van der Waals surface area contributed by atoms with Gasteiger partial charge in [0.1, 0.15) is 11.2 Å². The van der Waals surface area contributed by atoms with Gasteiger partial charge in [0.15, 0.2) is 17.5 Å². The maximum absolute atomic E-state index is 6.62. The van der Waals surface area contributed by atoms with E-state index in [1.807, 2.05) is 42.5 Å². The van der Waals surface area contributed by atoms with Gasteiger partial charge in [0, 0.05) is 54.9 Å². The Hall–Kier alpha value is -7.96. The van der Waals surface area contributed by atoms with Crippen LogP contribution < -0.4 is 0 Å². The standard InChI is InChI=1S/C52H31N5O/c1-2-14-33(15-3-1)50-54-51(34-25-28-37(29-26-34)57-43-22-9-6-19-39(43)40-20-7-10-23-44(40)57)56-52(55-50)36-17-12-16-35(31-36)47-46-41-21-8-11-24-45(41)58-49(46)42-30-27-32-13-4-5-18-38(32)48(42)53-47/h1-31H. The maximum Gasteiger partial charge on any atom is 0.164 e. The lowest BCUT2D eigenvalue weighted by molar-refractivity contribution is 0.672. The number of aromatic nitrogens is 5. The van der Waals surface area contributed by atoms with Crippen LogP contribution in [0.15, 0.2) is 192 Å². The van der Waals surface area contributed by atoms with Gasteiger partial charge in [-0.05, 0) is 60.0 Å². The van der Waals surface area contributed by atoms with E-state index >= 15 is 0 Å². The molecule has 0 unspecified atom stereocenters. The Morgan fingerprint density at radius 3 is 1.69 bits per heavy atom. The maximum atomic E-state index is 6.62. The number of para-hydroxylation sites is 3. The van der Waals surface area contributed by atoms with Crippen LogP contribution >= 0.6 is 0 Å². The highest BCUT2D eigenvalue weighted by Crippen LogP contribution is 2.42. The topological polar surface area (TPSA) is 69.6 Å². The predicted octanol–water partition coefficient (Wildman–Crippen LogP) is 13.2. The lowest BCUT2D eigenvalue weighted by atomic mass is 9.99. The van der Waals surface area contributed by atoms with Crippen molar-refractivity contribution >= 4 is 65.4 Å². The van der Waals surface area contributed by atoms with Crippen LogP contribution in [-0.4, -0.2) is 24.5 Å². The van der Waals surface area contributed by atoms with Crippen molar-refractivity contribution in [3.8, 4) is 51.1 Å². The molecule has 0 spiro atoms. The molecule has 0 N–H and O–H groups in total. The van der Waals surface area contributed by atoms with Gasteiger partial charge in [-0.1, -0.05) is 133 Å². The molecule has 8 aromatic carbocycles. The minimum absolute atomic E-state index is 0.580. The molecule has 4 aromatic heterocycles. The molecule has 0 aliphatic heterocycles. The van der Waals surface area contributed by atoms with Gasteiger partial charge in [-0.3, -0.25) is 0 Å². The number of hydrogen-bond acceptors (Lipinski definition) is 5. The fraction of sp³-hybridized carbons (Fsp3) is 0. The number of benzene rings is 8. The fourth-order valence-corrected chi connectivity index (χ4v) is 8.52. The van der Waals surface area contributed by atoms with Crippen LogP contribution in [0.1, 0.15) is 0 Å². The lowest BCUT2D eigenvalue weighted by Gasteiger charge is -2.12. The van der Waals surface area contributed by atoms with Gasteiger partial charge >= 0.3 is 0 Å². The molecule has 270 valence electrons. The molecule has 0 radical (unpaired) electrons. The number of pyridine rings is 1. The minimum Gasteiger partial charge on any atom is -0.455 e. The molecule has 0 saturated heterocycles. The lowest BCUT2D eigenvalue weighted by Crippen LogP contribution is -2.01. The van der Waals surface area contributed by atoms with Crippen molar-refractivity contribution in [1.82, 2.24) is 24.5 Å². The highest BCUT2D eigenvalue weighted by atomic mass is 16.3. The molecule has 0 bridgehead atoms. The van der Waals surface area contributed by atoms with E-state index in [4.69, 9.17) is 24.4 Å². The van der Waals surface area contributed by atoms with E-state index in [1.165, 1.54) is 21.8 Å². The third-order valence-corrected chi connectivity index (χ3v) is 11.2. The van der Waals surface area contributed by atoms with Crippen LogP contribution in [-0.2, 0) is 0 Å². The van der Waals surface area contributed by atoms with Crippen LogP contribution in [0.4, 0.5) is 0 Å². The van der Waals surface area contributed by atoms with Crippen molar-refractivity contribution in [1.29, 1.82) is 0 Å². The van der Waals surface area contributed by atoms with Crippen LogP contribution in [0.3, 0.4) is 0 Å². The Morgan fingerprint density at radius 1 is 0.379 bits per heavy atom. The van der Waals surface area contributed by atoms with Crippen molar-refractivity contribution in [2.45, 2.75) is 0 Å². The zero-order chi connectivity index (χ0) is 38.2. The summed E-state index contributed by atoms with van der Waals surface area (Å²) in [5, 5.41) is 7.67. The first-order valence-corrected chi connectivity index (χ1v) is 19.4. The number of rotatable bonds is 5. The molecule has 0 atom stereocenters. The van der Waals surface area contributed by atoms with E-state index in [0.29, 0.717) is 17.5 Å². The third-order valence-electron chi connectivity index (χ3n) is 11.2. The van der Waals surface area contributed by atoms with E-state index in [2.05, 4.69) is 150 Å². The molecule has 0 aliphatic carbocycles. The Bertz CT molecular complexity index is 3510. The van der Waals surface area contributed by atoms with Crippen molar-refractivity contribution in [3.63, 3.8) is 0 Å². The first-order chi connectivity index (χ1) is 28.7. The van der Waals surface area contributed by atoms with E-state index in [9.17, 15) is 0 Å². The molecule has 0 aliphatic rings. The largest absolute Gasteiger partial charge is 0.455 e. The highest BCUT2D eigenvalue weighted by molar-refractivity contribution is 6.23. The molecule has 12 aromatic rings. The Labute approximate surface area is 332 Å². The Balaban J connectivity index is 1.03. The molecule has 0 fully saturated rings. The molecule has 58 heavy (non-hydrogen) atoms.